The molecule has 0 aliphatic rings. The van der Waals surface area contributed by atoms with Gasteiger partial charge in [0.05, 0.1) is 11.9 Å². The van der Waals surface area contributed by atoms with E-state index in [1.54, 1.807) is 37.3 Å². The summed E-state index contributed by atoms with van der Waals surface area (Å²) in [7, 11) is -3.72. The van der Waals surface area contributed by atoms with Crippen molar-refractivity contribution in [1.29, 1.82) is 0 Å². The van der Waals surface area contributed by atoms with Crippen molar-refractivity contribution in [1.82, 2.24) is 10.2 Å². The highest BCUT2D eigenvalue weighted by molar-refractivity contribution is 7.92. The van der Waals surface area contributed by atoms with Gasteiger partial charge in [0.15, 0.2) is 0 Å². The molecule has 1 N–H and O–H groups in total. The monoisotopic (exact) mass is 459 g/mol. The lowest BCUT2D eigenvalue weighted by molar-refractivity contribution is -0.140. The Hall–Kier alpha value is -2.87. The number of aryl methyl sites for hydroxylation is 1. The second kappa shape index (κ2) is 10.2. The molecule has 0 spiro atoms. The number of nitrogens with one attached hydrogen (secondary N) is 1. The van der Waals surface area contributed by atoms with E-state index in [4.69, 9.17) is 0 Å². The van der Waals surface area contributed by atoms with E-state index >= 15 is 0 Å². The number of sulfonamides is 1. The van der Waals surface area contributed by atoms with Gasteiger partial charge < -0.3 is 10.2 Å². The molecule has 0 aliphatic heterocycles. The topological polar surface area (TPSA) is 86.8 Å². The molecule has 0 radical (unpaired) electrons. The van der Waals surface area contributed by atoms with Gasteiger partial charge >= 0.3 is 0 Å². The van der Waals surface area contributed by atoms with Crippen LogP contribution in [0, 0.1) is 6.92 Å². The van der Waals surface area contributed by atoms with Crippen LogP contribution >= 0.6 is 0 Å². The largest absolute Gasteiger partial charge is 0.350 e. The van der Waals surface area contributed by atoms with Crippen LogP contribution in [-0.4, -0.2) is 49.5 Å². The van der Waals surface area contributed by atoms with Gasteiger partial charge in [0.1, 0.15) is 12.6 Å². The third kappa shape index (κ3) is 7.09. The summed E-state index contributed by atoms with van der Waals surface area (Å²) in [5.74, 6) is -0.760. The zero-order chi connectivity index (χ0) is 24.1. The van der Waals surface area contributed by atoms with Gasteiger partial charge in [0.25, 0.3) is 0 Å². The first-order chi connectivity index (χ1) is 14.8. The van der Waals surface area contributed by atoms with Crippen molar-refractivity contribution >= 4 is 27.5 Å². The minimum Gasteiger partial charge on any atom is -0.350 e. The maximum atomic E-state index is 13.4. The molecule has 2 amide bonds. The molecule has 0 saturated heterocycles. The quantitative estimate of drug-likeness (QED) is 0.657. The Morgan fingerprint density at radius 2 is 1.56 bits per heavy atom. The van der Waals surface area contributed by atoms with E-state index in [0.29, 0.717) is 5.69 Å². The number of amides is 2. The number of carbonyl (C=O) groups is 2. The van der Waals surface area contributed by atoms with Crippen molar-refractivity contribution < 1.29 is 18.0 Å². The molecule has 2 aromatic carbocycles. The average molecular weight is 460 g/mol. The molecule has 0 saturated carbocycles. The first-order valence-corrected chi connectivity index (χ1v) is 12.3. The summed E-state index contributed by atoms with van der Waals surface area (Å²) in [6.07, 6.45) is 1.06. The van der Waals surface area contributed by atoms with E-state index in [2.05, 4.69) is 5.32 Å². The number of benzene rings is 2. The van der Waals surface area contributed by atoms with E-state index in [1.165, 1.54) is 4.90 Å². The highest BCUT2D eigenvalue weighted by atomic mass is 32.2. The fourth-order valence-electron chi connectivity index (χ4n) is 3.24. The van der Waals surface area contributed by atoms with Crippen LogP contribution in [0.3, 0.4) is 0 Å². The second-order valence-electron chi connectivity index (χ2n) is 8.97. The Kier molecular flexibility index (Phi) is 8.07. The van der Waals surface area contributed by atoms with Crippen molar-refractivity contribution in [2.75, 3.05) is 17.1 Å². The SMILES string of the molecule is Cc1ccccc1CN(C(=O)CN(c1ccccc1)S(C)(=O)=O)[C@@H](C)C(=O)NC(C)(C)C. The fraction of sp³-hybridized carbons (Fsp3) is 0.417. The van der Waals surface area contributed by atoms with Gasteiger partial charge in [-0.3, -0.25) is 13.9 Å². The lowest BCUT2D eigenvalue weighted by atomic mass is 10.1. The Balaban J connectivity index is 2.39. The number of para-hydroxylation sites is 1. The van der Waals surface area contributed by atoms with Crippen molar-refractivity contribution in [2.24, 2.45) is 0 Å². The number of hydrogen-bond acceptors (Lipinski definition) is 4. The number of rotatable bonds is 8. The average Bonchev–Trinajstić information content (AvgIpc) is 2.69. The highest BCUT2D eigenvalue weighted by Gasteiger charge is 2.31. The van der Waals surface area contributed by atoms with Crippen LogP contribution in [0.5, 0.6) is 0 Å². The third-order valence-corrected chi connectivity index (χ3v) is 6.13. The molecule has 8 heteroatoms. The maximum absolute atomic E-state index is 13.4. The molecule has 32 heavy (non-hydrogen) atoms. The van der Waals surface area contributed by atoms with E-state index < -0.39 is 34.1 Å². The van der Waals surface area contributed by atoms with Crippen LogP contribution in [-0.2, 0) is 26.2 Å². The Morgan fingerprint density at radius 3 is 2.09 bits per heavy atom. The minimum absolute atomic E-state index is 0.191. The first-order valence-electron chi connectivity index (χ1n) is 10.5. The summed E-state index contributed by atoms with van der Waals surface area (Å²) in [5.41, 5.74) is 1.80. The highest BCUT2D eigenvalue weighted by Crippen LogP contribution is 2.19. The van der Waals surface area contributed by atoms with Crippen molar-refractivity contribution in [3.63, 3.8) is 0 Å². The predicted octanol–water partition coefficient (Wildman–Crippen LogP) is 3.09. The zero-order valence-corrected chi connectivity index (χ0v) is 20.4. The van der Waals surface area contributed by atoms with Crippen LogP contribution in [0.25, 0.3) is 0 Å². The maximum Gasteiger partial charge on any atom is 0.244 e. The molecular formula is C24H33N3O4S. The Labute approximate surface area is 191 Å². The fourth-order valence-corrected chi connectivity index (χ4v) is 4.09. The van der Waals surface area contributed by atoms with Gasteiger partial charge in [-0.15, -0.1) is 0 Å². The smallest absolute Gasteiger partial charge is 0.244 e. The summed E-state index contributed by atoms with van der Waals surface area (Å²) in [6.45, 7) is 8.98. The number of hydrogen-bond donors (Lipinski definition) is 1. The second-order valence-corrected chi connectivity index (χ2v) is 10.9. The lowest BCUT2D eigenvalue weighted by Crippen LogP contribution is -2.54. The van der Waals surface area contributed by atoms with E-state index in [9.17, 15) is 18.0 Å². The van der Waals surface area contributed by atoms with Crippen molar-refractivity contribution in [3.05, 3.63) is 65.7 Å². The third-order valence-electron chi connectivity index (χ3n) is 4.99. The first kappa shape index (κ1) is 25.4. The van der Waals surface area contributed by atoms with E-state index in [1.807, 2.05) is 52.0 Å². The molecule has 1 atom stereocenters. The molecular weight excluding hydrogens is 426 g/mol. The summed E-state index contributed by atoms with van der Waals surface area (Å²) >= 11 is 0. The molecule has 0 heterocycles. The standard InChI is InChI=1S/C24H33N3O4S/c1-18-12-10-11-13-20(18)16-26(19(2)23(29)25-24(3,4)5)22(28)17-27(32(6,30)31)21-14-8-7-9-15-21/h7-15,19H,16-17H2,1-6H3,(H,25,29)/t19-/m0/s1. The van der Waals surface area contributed by atoms with Crippen LogP contribution in [0.4, 0.5) is 5.69 Å². The van der Waals surface area contributed by atoms with Gasteiger partial charge in [0, 0.05) is 12.1 Å². The van der Waals surface area contributed by atoms with Crippen LogP contribution < -0.4 is 9.62 Å². The van der Waals surface area contributed by atoms with Crippen molar-refractivity contribution in [2.45, 2.75) is 52.7 Å². The van der Waals surface area contributed by atoms with Gasteiger partial charge in [-0.25, -0.2) is 8.42 Å². The summed E-state index contributed by atoms with van der Waals surface area (Å²) in [4.78, 5) is 27.8. The summed E-state index contributed by atoms with van der Waals surface area (Å²) < 4.78 is 26.0. The molecule has 174 valence electrons. The van der Waals surface area contributed by atoms with E-state index in [0.717, 1.165) is 21.7 Å². The minimum atomic E-state index is -3.72. The van der Waals surface area contributed by atoms with E-state index in [-0.39, 0.29) is 12.5 Å². The number of anilines is 1. The molecule has 2 rings (SSSR count). The summed E-state index contributed by atoms with van der Waals surface area (Å²) in [6, 6.07) is 15.3. The molecule has 7 nitrogen and oxygen atoms in total. The lowest BCUT2D eigenvalue weighted by Gasteiger charge is -2.33. The predicted molar refractivity (Wildman–Crippen MR) is 128 cm³/mol. The molecule has 0 unspecified atom stereocenters. The van der Waals surface area contributed by atoms with Gasteiger partial charge in [0.2, 0.25) is 21.8 Å². The molecule has 2 aromatic rings. The Bertz CT molecular complexity index is 1050. The molecule has 0 fully saturated rings. The zero-order valence-electron chi connectivity index (χ0n) is 19.6. The number of nitrogens with zero attached hydrogens (tertiary/aromatic N) is 2. The normalized spacial score (nSPS) is 12.7. The molecule has 0 aliphatic carbocycles. The van der Waals surface area contributed by atoms with Crippen LogP contribution in [0.15, 0.2) is 54.6 Å². The van der Waals surface area contributed by atoms with Gasteiger partial charge in [-0.2, -0.15) is 0 Å². The summed E-state index contributed by atoms with van der Waals surface area (Å²) in [5, 5.41) is 2.91. The van der Waals surface area contributed by atoms with Crippen LogP contribution in [0.2, 0.25) is 0 Å². The Morgan fingerprint density at radius 1 is 1.00 bits per heavy atom. The van der Waals surface area contributed by atoms with Gasteiger partial charge in [-0.05, 0) is 57.9 Å². The molecule has 0 bridgehead atoms. The number of carbonyl (C=O) groups excluding carboxylic acids is 2. The van der Waals surface area contributed by atoms with Crippen LogP contribution in [0.1, 0.15) is 38.8 Å². The van der Waals surface area contributed by atoms with Crippen molar-refractivity contribution in [3.8, 4) is 0 Å². The molecule has 0 aromatic heterocycles. The van der Waals surface area contributed by atoms with Gasteiger partial charge in [-0.1, -0.05) is 42.5 Å².